The van der Waals surface area contributed by atoms with Gasteiger partial charge in [0.25, 0.3) is 0 Å². The van der Waals surface area contributed by atoms with Crippen molar-refractivity contribution in [3.63, 3.8) is 0 Å². The summed E-state index contributed by atoms with van der Waals surface area (Å²) in [5.41, 5.74) is 0.791. The minimum atomic E-state index is -0.530. The highest BCUT2D eigenvalue weighted by atomic mass is 16.6. The van der Waals surface area contributed by atoms with Gasteiger partial charge in [-0.2, -0.15) is 0 Å². The molecule has 116 valence electrons. The van der Waals surface area contributed by atoms with Crippen LogP contribution in [-0.4, -0.2) is 36.2 Å². The third kappa shape index (κ3) is 5.85. The van der Waals surface area contributed by atoms with E-state index in [2.05, 4.69) is 0 Å². The van der Waals surface area contributed by atoms with Gasteiger partial charge in [0.2, 0.25) is 0 Å². The molecule has 1 aromatic carbocycles. The monoisotopic (exact) mass is 293 g/mol. The number of hydrogen-bond acceptors (Lipinski definition) is 4. The van der Waals surface area contributed by atoms with Crippen LogP contribution in [0.1, 0.15) is 43.6 Å². The molecule has 5 heteroatoms. The quantitative estimate of drug-likeness (QED) is 0.800. The summed E-state index contributed by atoms with van der Waals surface area (Å²) in [4.78, 5) is 25.0. The molecule has 0 unspecified atom stereocenters. The number of carbonyl (C=O) groups is 2. The first-order valence-electron chi connectivity index (χ1n) is 6.93. The summed E-state index contributed by atoms with van der Waals surface area (Å²) in [5, 5.41) is 0. The van der Waals surface area contributed by atoms with E-state index < -0.39 is 11.7 Å². The van der Waals surface area contributed by atoms with Crippen LogP contribution in [0.2, 0.25) is 0 Å². The molecule has 21 heavy (non-hydrogen) atoms. The molecule has 0 bridgehead atoms. The number of nitrogens with zero attached hydrogens (tertiary/aromatic N) is 1. The van der Waals surface area contributed by atoms with E-state index in [1.807, 2.05) is 26.8 Å². The van der Waals surface area contributed by atoms with Gasteiger partial charge in [-0.15, -0.1) is 0 Å². The zero-order valence-corrected chi connectivity index (χ0v) is 13.3. The van der Waals surface area contributed by atoms with E-state index in [0.29, 0.717) is 18.7 Å². The lowest BCUT2D eigenvalue weighted by Crippen LogP contribution is -2.33. The summed E-state index contributed by atoms with van der Waals surface area (Å²) in [6, 6.07) is 7.03. The van der Waals surface area contributed by atoms with Gasteiger partial charge in [0.05, 0.1) is 12.2 Å². The molecule has 0 aliphatic rings. The predicted molar refractivity (Wildman–Crippen MR) is 80.1 cm³/mol. The molecule has 0 spiro atoms. The van der Waals surface area contributed by atoms with Crippen LogP contribution in [0.4, 0.5) is 4.79 Å². The Kier molecular flexibility index (Phi) is 5.76. The SMILES string of the molecule is CCOC(=O)c1cccc(CN(C)C(=O)OC(C)(C)C)c1. The lowest BCUT2D eigenvalue weighted by atomic mass is 10.1. The smallest absolute Gasteiger partial charge is 0.410 e. The molecule has 0 saturated heterocycles. The molecule has 5 nitrogen and oxygen atoms in total. The Balaban J connectivity index is 2.72. The summed E-state index contributed by atoms with van der Waals surface area (Å²) in [6.07, 6.45) is -0.399. The molecule has 0 aliphatic heterocycles. The van der Waals surface area contributed by atoms with E-state index in [-0.39, 0.29) is 5.97 Å². The molecule has 1 rings (SSSR count). The maximum atomic E-state index is 11.9. The van der Waals surface area contributed by atoms with Crippen molar-refractivity contribution in [2.24, 2.45) is 0 Å². The van der Waals surface area contributed by atoms with E-state index in [1.54, 1.807) is 32.2 Å². The zero-order valence-electron chi connectivity index (χ0n) is 13.3. The van der Waals surface area contributed by atoms with Gasteiger partial charge in [0, 0.05) is 13.6 Å². The summed E-state index contributed by atoms with van der Waals surface area (Å²) in [7, 11) is 1.66. The average molecular weight is 293 g/mol. The maximum absolute atomic E-state index is 11.9. The molecule has 1 amide bonds. The number of amides is 1. The standard InChI is InChI=1S/C16H23NO4/c1-6-20-14(18)13-9-7-8-12(10-13)11-17(5)15(19)21-16(2,3)4/h7-10H,6,11H2,1-5H3. The third-order valence-corrected chi connectivity index (χ3v) is 2.56. The molecular formula is C16H23NO4. The van der Waals surface area contributed by atoms with Crippen molar-refractivity contribution < 1.29 is 19.1 Å². The lowest BCUT2D eigenvalue weighted by molar-refractivity contribution is 0.0285. The van der Waals surface area contributed by atoms with Crippen LogP contribution in [-0.2, 0) is 16.0 Å². The summed E-state index contributed by atoms with van der Waals surface area (Å²) >= 11 is 0. The van der Waals surface area contributed by atoms with Crippen molar-refractivity contribution in [1.29, 1.82) is 0 Å². The fraction of sp³-hybridized carbons (Fsp3) is 0.500. The second-order valence-electron chi connectivity index (χ2n) is 5.76. The summed E-state index contributed by atoms with van der Waals surface area (Å²) in [5.74, 6) is -0.362. The molecule has 1 aromatic rings. The van der Waals surface area contributed by atoms with Gasteiger partial charge in [-0.1, -0.05) is 12.1 Å². The minimum absolute atomic E-state index is 0.334. The Labute approximate surface area is 125 Å². The summed E-state index contributed by atoms with van der Waals surface area (Å²) < 4.78 is 10.2. The van der Waals surface area contributed by atoms with Crippen LogP contribution in [0.3, 0.4) is 0 Å². The molecular weight excluding hydrogens is 270 g/mol. The van der Waals surface area contributed by atoms with Crippen molar-refractivity contribution in [3.8, 4) is 0 Å². The molecule has 0 saturated carbocycles. The van der Waals surface area contributed by atoms with E-state index in [4.69, 9.17) is 9.47 Å². The van der Waals surface area contributed by atoms with Crippen LogP contribution in [0, 0.1) is 0 Å². The van der Waals surface area contributed by atoms with Crippen molar-refractivity contribution in [2.45, 2.75) is 39.8 Å². The van der Waals surface area contributed by atoms with Gasteiger partial charge >= 0.3 is 12.1 Å². The Morgan fingerprint density at radius 2 is 1.90 bits per heavy atom. The number of benzene rings is 1. The van der Waals surface area contributed by atoms with Gasteiger partial charge < -0.3 is 14.4 Å². The molecule has 0 radical (unpaired) electrons. The number of esters is 1. The maximum Gasteiger partial charge on any atom is 0.410 e. The molecule has 0 aromatic heterocycles. The van der Waals surface area contributed by atoms with E-state index in [0.717, 1.165) is 5.56 Å². The summed E-state index contributed by atoms with van der Waals surface area (Å²) in [6.45, 7) is 7.92. The number of ether oxygens (including phenoxy) is 2. The van der Waals surface area contributed by atoms with Crippen LogP contribution in [0.5, 0.6) is 0 Å². The average Bonchev–Trinajstić information content (AvgIpc) is 2.37. The largest absolute Gasteiger partial charge is 0.462 e. The first-order chi connectivity index (χ1) is 9.73. The van der Waals surface area contributed by atoms with E-state index in [1.165, 1.54) is 4.90 Å². The number of rotatable bonds is 4. The molecule has 0 fully saturated rings. The Hall–Kier alpha value is -2.04. The van der Waals surface area contributed by atoms with E-state index in [9.17, 15) is 9.59 Å². The van der Waals surface area contributed by atoms with Crippen molar-refractivity contribution in [3.05, 3.63) is 35.4 Å². The van der Waals surface area contributed by atoms with Crippen LogP contribution >= 0.6 is 0 Å². The number of carbonyl (C=O) groups excluding carboxylic acids is 2. The molecule has 0 heterocycles. The lowest BCUT2D eigenvalue weighted by Gasteiger charge is -2.24. The van der Waals surface area contributed by atoms with Gasteiger partial charge in [-0.3, -0.25) is 0 Å². The number of hydrogen-bond donors (Lipinski definition) is 0. The third-order valence-electron chi connectivity index (χ3n) is 2.56. The highest BCUT2D eigenvalue weighted by molar-refractivity contribution is 5.89. The highest BCUT2D eigenvalue weighted by Crippen LogP contribution is 2.13. The molecule has 0 N–H and O–H groups in total. The minimum Gasteiger partial charge on any atom is -0.462 e. The van der Waals surface area contributed by atoms with Crippen molar-refractivity contribution in [2.75, 3.05) is 13.7 Å². The first-order valence-corrected chi connectivity index (χ1v) is 6.93. The van der Waals surface area contributed by atoms with Crippen LogP contribution in [0.25, 0.3) is 0 Å². The van der Waals surface area contributed by atoms with Crippen molar-refractivity contribution in [1.82, 2.24) is 4.90 Å². The fourth-order valence-corrected chi connectivity index (χ4v) is 1.69. The first kappa shape index (κ1) is 17.0. The molecule has 0 aliphatic carbocycles. The zero-order chi connectivity index (χ0) is 16.0. The molecule has 0 atom stereocenters. The topological polar surface area (TPSA) is 55.8 Å². The Morgan fingerprint density at radius 3 is 2.48 bits per heavy atom. The highest BCUT2D eigenvalue weighted by Gasteiger charge is 2.19. The predicted octanol–water partition coefficient (Wildman–Crippen LogP) is 3.23. The van der Waals surface area contributed by atoms with Gasteiger partial charge in [0.1, 0.15) is 5.60 Å². The normalized spacial score (nSPS) is 10.9. The van der Waals surface area contributed by atoms with Gasteiger partial charge in [-0.05, 0) is 45.4 Å². The second-order valence-corrected chi connectivity index (χ2v) is 5.76. The van der Waals surface area contributed by atoms with Crippen LogP contribution in [0.15, 0.2) is 24.3 Å². The van der Waals surface area contributed by atoms with Crippen LogP contribution < -0.4 is 0 Å². The van der Waals surface area contributed by atoms with E-state index >= 15 is 0 Å². The van der Waals surface area contributed by atoms with Gasteiger partial charge in [-0.25, -0.2) is 9.59 Å². The fourth-order valence-electron chi connectivity index (χ4n) is 1.69. The Morgan fingerprint density at radius 1 is 1.24 bits per heavy atom. The second kappa shape index (κ2) is 7.11. The van der Waals surface area contributed by atoms with Crippen molar-refractivity contribution >= 4 is 12.1 Å². The van der Waals surface area contributed by atoms with Gasteiger partial charge in [0.15, 0.2) is 0 Å². The Bertz CT molecular complexity index is 505.